The number of nitrogens with zero attached hydrogens (tertiary/aromatic N) is 2. The maximum atomic E-state index is 12.0. The van der Waals surface area contributed by atoms with E-state index in [2.05, 4.69) is 52.6 Å². The van der Waals surface area contributed by atoms with Gasteiger partial charge in [0.25, 0.3) is 0 Å². The van der Waals surface area contributed by atoms with Crippen molar-refractivity contribution < 1.29 is 9.53 Å². The molecule has 0 radical (unpaired) electrons. The molecule has 1 aromatic rings. The van der Waals surface area contributed by atoms with Crippen molar-refractivity contribution in [3.63, 3.8) is 0 Å². The number of benzene rings is 1. The molecule has 1 unspecified atom stereocenters. The molecule has 0 aromatic heterocycles. The van der Waals surface area contributed by atoms with Crippen molar-refractivity contribution in [3.05, 3.63) is 34.9 Å². The van der Waals surface area contributed by atoms with Crippen LogP contribution in [0.3, 0.4) is 0 Å². The summed E-state index contributed by atoms with van der Waals surface area (Å²) in [5, 5.41) is 6.06. The van der Waals surface area contributed by atoms with Gasteiger partial charge in [0.05, 0.1) is 18.6 Å². The fraction of sp³-hybridized carbons (Fsp3) is 0.600. The zero-order valence-corrected chi connectivity index (χ0v) is 16.8. The van der Waals surface area contributed by atoms with E-state index in [-0.39, 0.29) is 12.0 Å². The summed E-state index contributed by atoms with van der Waals surface area (Å²) >= 11 is 0. The highest BCUT2D eigenvalue weighted by molar-refractivity contribution is 5.84. The quantitative estimate of drug-likeness (QED) is 0.637. The molecule has 144 valence electrons. The molecule has 1 aliphatic rings. The topological polar surface area (TPSA) is 66.0 Å². The number of carbonyl (C=O) groups excluding carboxylic acids is 1. The van der Waals surface area contributed by atoms with E-state index >= 15 is 0 Å². The monoisotopic (exact) mass is 360 g/mol. The Morgan fingerprint density at radius 1 is 1.38 bits per heavy atom. The third-order valence-corrected chi connectivity index (χ3v) is 4.88. The number of nitrogens with one attached hydrogen (secondary N) is 2. The lowest BCUT2D eigenvalue weighted by Crippen LogP contribution is -2.51. The summed E-state index contributed by atoms with van der Waals surface area (Å²) in [4.78, 5) is 18.6. The minimum absolute atomic E-state index is 0.00980. The third kappa shape index (κ3) is 4.75. The van der Waals surface area contributed by atoms with Crippen molar-refractivity contribution in [3.8, 4) is 0 Å². The molecular formula is C20H32N4O2. The van der Waals surface area contributed by atoms with Gasteiger partial charge in [-0.1, -0.05) is 23.8 Å². The lowest BCUT2D eigenvalue weighted by molar-refractivity contribution is -0.128. The second-order valence-electron chi connectivity index (χ2n) is 7.53. The fourth-order valence-electron chi connectivity index (χ4n) is 3.27. The van der Waals surface area contributed by atoms with Crippen molar-refractivity contribution in [1.82, 2.24) is 15.5 Å². The average molecular weight is 361 g/mol. The van der Waals surface area contributed by atoms with Gasteiger partial charge < -0.3 is 20.3 Å². The summed E-state index contributed by atoms with van der Waals surface area (Å²) in [7, 11) is 3.44. The molecule has 0 aliphatic carbocycles. The highest BCUT2D eigenvalue weighted by Crippen LogP contribution is 2.26. The van der Waals surface area contributed by atoms with Crippen molar-refractivity contribution in [1.29, 1.82) is 0 Å². The van der Waals surface area contributed by atoms with Gasteiger partial charge in [-0.25, -0.2) is 0 Å². The van der Waals surface area contributed by atoms with E-state index in [0.717, 1.165) is 19.0 Å². The summed E-state index contributed by atoms with van der Waals surface area (Å²) in [5.41, 5.74) is 3.22. The Bertz CT molecular complexity index is 670. The molecule has 1 saturated heterocycles. The molecule has 0 spiro atoms. The van der Waals surface area contributed by atoms with E-state index in [0.29, 0.717) is 13.2 Å². The molecule has 1 heterocycles. The Hall–Kier alpha value is -2.08. The van der Waals surface area contributed by atoms with Gasteiger partial charge in [-0.2, -0.15) is 0 Å². The van der Waals surface area contributed by atoms with Crippen LogP contribution in [0.25, 0.3) is 0 Å². The molecule has 1 aromatic carbocycles. The largest absolute Gasteiger partial charge is 0.370 e. The molecule has 1 atom stereocenters. The maximum absolute atomic E-state index is 12.0. The van der Waals surface area contributed by atoms with Gasteiger partial charge in [-0.3, -0.25) is 9.79 Å². The first-order valence-corrected chi connectivity index (χ1v) is 9.15. The second-order valence-corrected chi connectivity index (χ2v) is 7.53. The third-order valence-electron chi connectivity index (χ3n) is 4.88. The summed E-state index contributed by atoms with van der Waals surface area (Å²) in [6.07, 6.45) is 0.0230. The van der Waals surface area contributed by atoms with E-state index < -0.39 is 5.41 Å². The molecule has 6 heteroatoms. The summed E-state index contributed by atoms with van der Waals surface area (Å²) in [5.74, 6) is 0.815. The molecule has 6 nitrogen and oxygen atoms in total. The maximum Gasteiger partial charge on any atom is 0.227 e. The molecule has 1 amide bonds. The number of aliphatic imine (C=N–C) groups is 1. The Kier molecular flexibility index (Phi) is 6.64. The second kappa shape index (κ2) is 8.54. The van der Waals surface area contributed by atoms with Crippen molar-refractivity contribution in [2.75, 3.05) is 40.3 Å². The Labute approximate surface area is 157 Å². The molecule has 1 fully saturated rings. The van der Waals surface area contributed by atoms with Crippen LogP contribution >= 0.6 is 0 Å². The zero-order valence-electron chi connectivity index (χ0n) is 16.8. The van der Waals surface area contributed by atoms with E-state index in [1.165, 1.54) is 16.7 Å². The molecule has 1 aliphatic heterocycles. The lowest BCUT2D eigenvalue weighted by Gasteiger charge is -2.36. The number of ether oxygens (including phenoxy) is 1. The molecule has 0 saturated carbocycles. The Balaban J connectivity index is 2.06. The van der Waals surface area contributed by atoms with Gasteiger partial charge in [0, 0.05) is 27.2 Å². The lowest BCUT2D eigenvalue weighted by atomic mass is 9.92. The molecule has 0 bridgehead atoms. The number of amides is 1. The Morgan fingerprint density at radius 2 is 2.12 bits per heavy atom. The standard InChI is InChI=1S/C20H32N4O2/c1-14-7-8-16(15(2)11-14)17-12-24(9-10-26-17)19(22-6)23-13-20(3,4)18(25)21-5/h7-8,11,17H,9-10,12-13H2,1-6H3,(H,21,25)(H,22,23). The van der Waals surface area contributed by atoms with E-state index in [9.17, 15) is 4.79 Å². The number of hydrogen-bond donors (Lipinski definition) is 2. The molecule has 2 N–H and O–H groups in total. The van der Waals surface area contributed by atoms with Gasteiger partial charge in [0.15, 0.2) is 5.96 Å². The predicted molar refractivity (Wildman–Crippen MR) is 105 cm³/mol. The van der Waals surface area contributed by atoms with Crippen molar-refractivity contribution in [2.45, 2.75) is 33.8 Å². The number of morpholine rings is 1. The number of rotatable bonds is 4. The number of carbonyl (C=O) groups is 1. The number of hydrogen-bond acceptors (Lipinski definition) is 3. The minimum atomic E-state index is -0.510. The van der Waals surface area contributed by atoms with Crippen LogP contribution < -0.4 is 10.6 Å². The highest BCUT2D eigenvalue weighted by Gasteiger charge is 2.29. The number of guanidine groups is 1. The van der Waals surface area contributed by atoms with E-state index in [1.54, 1.807) is 14.1 Å². The summed E-state index contributed by atoms with van der Waals surface area (Å²) < 4.78 is 6.02. The highest BCUT2D eigenvalue weighted by atomic mass is 16.5. The van der Waals surface area contributed by atoms with Crippen LogP contribution in [-0.4, -0.2) is 57.1 Å². The smallest absolute Gasteiger partial charge is 0.227 e. The minimum Gasteiger partial charge on any atom is -0.370 e. The number of aryl methyl sites for hydroxylation is 2. The summed E-state index contributed by atoms with van der Waals surface area (Å²) in [6.45, 7) is 10.8. The van der Waals surface area contributed by atoms with Crippen molar-refractivity contribution >= 4 is 11.9 Å². The molecule has 2 rings (SSSR count). The van der Waals surface area contributed by atoms with Crippen LogP contribution in [0.2, 0.25) is 0 Å². The van der Waals surface area contributed by atoms with E-state index in [4.69, 9.17) is 4.74 Å². The summed E-state index contributed by atoms with van der Waals surface area (Å²) in [6, 6.07) is 6.48. The van der Waals surface area contributed by atoms with Crippen LogP contribution in [-0.2, 0) is 9.53 Å². The van der Waals surface area contributed by atoms with Crippen LogP contribution in [0.5, 0.6) is 0 Å². The zero-order chi connectivity index (χ0) is 19.3. The van der Waals surface area contributed by atoms with E-state index in [1.807, 2.05) is 13.8 Å². The van der Waals surface area contributed by atoms with Gasteiger partial charge in [-0.05, 0) is 38.8 Å². The van der Waals surface area contributed by atoms with Gasteiger partial charge in [0.2, 0.25) is 5.91 Å². The normalized spacial score (nSPS) is 18.6. The molecule has 26 heavy (non-hydrogen) atoms. The van der Waals surface area contributed by atoms with Gasteiger partial charge in [-0.15, -0.1) is 0 Å². The SMILES string of the molecule is CN=C(NCC(C)(C)C(=O)NC)N1CCOC(c2ccc(C)cc2C)C1. The molecular weight excluding hydrogens is 328 g/mol. The van der Waals surface area contributed by atoms with Gasteiger partial charge >= 0.3 is 0 Å². The predicted octanol–water partition coefficient (Wildman–Crippen LogP) is 2.02. The average Bonchev–Trinajstić information content (AvgIpc) is 2.61. The van der Waals surface area contributed by atoms with Crippen molar-refractivity contribution in [2.24, 2.45) is 10.4 Å². The fourth-order valence-corrected chi connectivity index (χ4v) is 3.27. The van der Waals surface area contributed by atoms with Crippen LogP contribution in [0.4, 0.5) is 0 Å². The van der Waals surface area contributed by atoms with Crippen LogP contribution in [0.15, 0.2) is 23.2 Å². The van der Waals surface area contributed by atoms with Crippen LogP contribution in [0.1, 0.15) is 36.6 Å². The van der Waals surface area contributed by atoms with Crippen LogP contribution in [0, 0.1) is 19.3 Å². The first-order valence-electron chi connectivity index (χ1n) is 9.15. The van der Waals surface area contributed by atoms with Gasteiger partial charge in [0.1, 0.15) is 6.10 Å². The first kappa shape index (κ1) is 20.2. The Morgan fingerprint density at radius 3 is 2.73 bits per heavy atom. The first-order chi connectivity index (χ1) is 12.3.